The summed E-state index contributed by atoms with van der Waals surface area (Å²) in [6.45, 7) is 2.91. The molecule has 3 aromatic rings. The molecule has 1 heterocycles. The molecular weight excluding hydrogens is 334 g/mol. The van der Waals surface area contributed by atoms with Crippen LogP contribution in [0.5, 0.6) is 0 Å². The number of benzene rings is 2. The number of carbonyl (C=O) groups excluding carboxylic acids is 3. The van der Waals surface area contributed by atoms with Crippen molar-refractivity contribution in [2.75, 3.05) is 5.32 Å². The lowest BCUT2D eigenvalue weighted by atomic mass is 10.1. The maximum Gasteiger partial charge on any atom is 0.360 e. The van der Waals surface area contributed by atoms with Crippen molar-refractivity contribution in [2.24, 2.45) is 0 Å². The minimum absolute atomic E-state index is 0.140. The average Bonchev–Trinajstić information content (AvgIpc) is 3.05. The van der Waals surface area contributed by atoms with Crippen LogP contribution in [0.25, 0.3) is 10.9 Å². The number of nitrogens with zero attached hydrogens (tertiary/aromatic N) is 1. The van der Waals surface area contributed by atoms with E-state index in [0.717, 1.165) is 0 Å². The van der Waals surface area contributed by atoms with Crippen LogP contribution in [-0.4, -0.2) is 34.0 Å². The van der Waals surface area contributed by atoms with E-state index in [1.165, 1.54) is 13.8 Å². The molecule has 0 saturated heterocycles. The van der Waals surface area contributed by atoms with Gasteiger partial charge in [0, 0.05) is 23.6 Å². The molecule has 0 radical (unpaired) electrons. The van der Waals surface area contributed by atoms with Crippen LogP contribution in [0.3, 0.4) is 0 Å². The summed E-state index contributed by atoms with van der Waals surface area (Å²) in [6, 6.07) is 13.5. The predicted molar refractivity (Wildman–Crippen MR) is 96.0 cm³/mol. The van der Waals surface area contributed by atoms with Gasteiger partial charge in [-0.15, -0.1) is 0 Å². The lowest BCUT2D eigenvalue weighted by molar-refractivity contribution is -0.114. The monoisotopic (exact) mass is 351 g/mol. The molecule has 7 heteroatoms. The number of amides is 1. The smallest absolute Gasteiger partial charge is 0.360 e. The normalized spacial score (nSPS) is 11.8. The molecule has 0 aliphatic heterocycles. The summed E-state index contributed by atoms with van der Waals surface area (Å²) in [5.74, 6) is -1.21. The SMILES string of the molecule is CC(=O)Nc1ccc(C(=O)[C@H](C)OC(=O)c2n[nH]c3ccccc23)cc1. The van der Waals surface area contributed by atoms with Gasteiger partial charge in [0.1, 0.15) is 0 Å². The molecule has 3 rings (SSSR count). The van der Waals surface area contributed by atoms with Crippen LogP contribution in [0.4, 0.5) is 5.69 Å². The van der Waals surface area contributed by atoms with Gasteiger partial charge in [-0.05, 0) is 37.3 Å². The number of aromatic amines is 1. The predicted octanol–water partition coefficient (Wildman–Crippen LogP) is 2.95. The number of fused-ring (bicyclic) bond motifs is 1. The minimum atomic E-state index is -0.968. The van der Waals surface area contributed by atoms with E-state index in [0.29, 0.717) is 22.2 Å². The number of carbonyl (C=O) groups is 3. The first-order chi connectivity index (χ1) is 12.5. The van der Waals surface area contributed by atoms with E-state index in [1.807, 2.05) is 6.07 Å². The maximum absolute atomic E-state index is 12.5. The number of nitrogens with one attached hydrogen (secondary N) is 2. The van der Waals surface area contributed by atoms with Crippen LogP contribution >= 0.6 is 0 Å². The van der Waals surface area contributed by atoms with E-state index in [4.69, 9.17) is 4.74 Å². The van der Waals surface area contributed by atoms with Gasteiger partial charge in [-0.2, -0.15) is 5.10 Å². The zero-order valence-electron chi connectivity index (χ0n) is 14.3. The van der Waals surface area contributed by atoms with Gasteiger partial charge in [0.15, 0.2) is 11.8 Å². The van der Waals surface area contributed by atoms with Crippen molar-refractivity contribution in [1.82, 2.24) is 10.2 Å². The molecule has 0 aliphatic carbocycles. The number of esters is 1. The maximum atomic E-state index is 12.5. The molecule has 132 valence electrons. The lowest BCUT2D eigenvalue weighted by Crippen LogP contribution is -2.24. The Morgan fingerprint density at radius 2 is 1.77 bits per heavy atom. The molecule has 1 atom stereocenters. The topological polar surface area (TPSA) is 101 Å². The molecule has 0 spiro atoms. The van der Waals surface area contributed by atoms with E-state index in [1.54, 1.807) is 42.5 Å². The lowest BCUT2D eigenvalue weighted by Gasteiger charge is -2.12. The molecule has 7 nitrogen and oxygen atoms in total. The number of hydrogen-bond donors (Lipinski definition) is 2. The van der Waals surface area contributed by atoms with Gasteiger partial charge >= 0.3 is 5.97 Å². The number of hydrogen-bond acceptors (Lipinski definition) is 5. The number of H-pyrrole nitrogens is 1. The Hall–Kier alpha value is -3.48. The summed E-state index contributed by atoms with van der Waals surface area (Å²) in [6.07, 6.45) is -0.968. The first kappa shape index (κ1) is 17.3. The number of aromatic nitrogens is 2. The number of ketones is 1. The highest BCUT2D eigenvalue weighted by molar-refractivity contribution is 6.05. The molecule has 0 aliphatic rings. The number of para-hydroxylation sites is 1. The van der Waals surface area contributed by atoms with Gasteiger partial charge in [0.2, 0.25) is 11.7 Å². The molecule has 0 saturated carbocycles. The van der Waals surface area contributed by atoms with Gasteiger partial charge in [0.05, 0.1) is 5.52 Å². The van der Waals surface area contributed by atoms with Gasteiger partial charge in [-0.25, -0.2) is 4.79 Å². The van der Waals surface area contributed by atoms with E-state index in [-0.39, 0.29) is 17.4 Å². The fourth-order valence-corrected chi connectivity index (χ4v) is 2.54. The number of Topliss-reactive ketones (excluding diaryl/α,β-unsaturated/α-hetero) is 1. The Balaban J connectivity index is 1.70. The molecule has 0 fully saturated rings. The van der Waals surface area contributed by atoms with Crippen LogP contribution in [-0.2, 0) is 9.53 Å². The Kier molecular flexibility index (Phi) is 4.79. The Morgan fingerprint density at radius 1 is 1.08 bits per heavy atom. The zero-order chi connectivity index (χ0) is 18.7. The van der Waals surface area contributed by atoms with Crippen molar-refractivity contribution in [2.45, 2.75) is 20.0 Å². The first-order valence-corrected chi connectivity index (χ1v) is 8.01. The van der Waals surface area contributed by atoms with E-state index in [9.17, 15) is 14.4 Å². The second-order valence-corrected chi connectivity index (χ2v) is 5.79. The Morgan fingerprint density at radius 3 is 2.46 bits per heavy atom. The third kappa shape index (κ3) is 3.61. The summed E-state index contributed by atoms with van der Waals surface area (Å²) < 4.78 is 5.27. The van der Waals surface area contributed by atoms with E-state index < -0.39 is 12.1 Å². The summed E-state index contributed by atoms with van der Waals surface area (Å²) in [4.78, 5) is 35.8. The largest absolute Gasteiger partial charge is 0.449 e. The summed E-state index contributed by atoms with van der Waals surface area (Å²) in [5.41, 5.74) is 1.82. The quantitative estimate of drug-likeness (QED) is 0.544. The van der Waals surface area contributed by atoms with Crippen molar-refractivity contribution in [3.05, 3.63) is 59.8 Å². The zero-order valence-corrected chi connectivity index (χ0v) is 14.3. The van der Waals surface area contributed by atoms with Crippen molar-refractivity contribution in [3.63, 3.8) is 0 Å². The standard InChI is InChI=1S/C19H17N3O4/c1-11(18(24)13-7-9-14(10-8-13)20-12(2)23)26-19(25)17-15-5-3-4-6-16(15)21-22-17/h3-11H,1-2H3,(H,20,23)(H,21,22)/t11-/m0/s1. The molecule has 2 aromatic carbocycles. The van der Waals surface area contributed by atoms with Crippen LogP contribution < -0.4 is 5.32 Å². The number of rotatable bonds is 5. The van der Waals surface area contributed by atoms with Crippen molar-refractivity contribution in [3.8, 4) is 0 Å². The van der Waals surface area contributed by atoms with Crippen LogP contribution in [0.15, 0.2) is 48.5 Å². The summed E-state index contributed by atoms with van der Waals surface area (Å²) in [5, 5.41) is 9.98. The molecule has 0 unspecified atom stereocenters. The second-order valence-electron chi connectivity index (χ2n) is 5.79. The van der Waals surface area contributed by atoms with E-state index >= 15 is 0 Å². The van der Waals surface area contributed by atoms with Crippen molar-refractivity contribution >= 4 is 34.3 Å². The van der Waals surface area contributed by atoms with Crippen LogP contribution in [0.2, 0.25) is 0 Å². The molecule has 26 heavy (non-hydrogen) atoms. The molecule has 1 amide bonds. The third-order valence-electron chi connectivity index (χ3n) is 3.81. The minimum Gasteiger partial charge on any atom is -0.449 e. The van der Waals surface area contributed by atoms with Crippen LogP contribution in [0.1, 0.15) is 34.7 Å². The third-order valence-corrected chi connectivity index (χ3v) is 3.81. The number of ether oxygens (including phenoxy) is 1. The Labute approximate surface area is 149 Å². The highest BCUT2D eigenvalue weighted by Crippen LogP contribution is 2.18. The van der Waals surface area contributed by atoms with Gasteiger partial charge < -0.3 is 10.1 Å². The highest BCUT2D eigenvalue weighted by Gasteiger charge is 2.23. The molecule has 1 aromatic heterocycles. The highest BCUT2D eigenvalue weighted by atomic mass is 16.5. The first-order valence-electron chi connectivity index (χ1n) is 8.01. The number of anilines is 1. The second kappa shape index (κ2) is 7.18. The average molecular weight is 351 g/mol. The fourth-order valence-electron chi connectivity index (χ4n) is 2.54. The van der Waals surface area contributed by atoms with Crippen molar-refractivity contribution in [1.29, 1.82) is 0 Å². The van der Waals surface area contributed by atoms with E-state index in [2.05, 4.69) is 15.5 Å². The summed E-state index contributed by atoms with van der Waals surface area (Å²) in [7, 11) is 0. The van der Waals surface area contributed by atoms with Crippen molar-refractivity contribution < 1.29 is 19.1 Å². The van der Waals surface area contributed by atoms with Gasteiger partial charge in [0.25, 0.3) is 0 Å². The molecular formula is C19H17N3O4. The summed E-state index contributed by atoms with van der Waals surface area (Å²) >= 11 is 0. The fraction of sp³-hybridized carbons (Fsp3) is 0.158. The molecule has 2 N–H and O–H groups in total. The van der Waals surface area contributed by atoms with Crippen LogP contribution in [0, 0.1) is 0 Å². The Bertz CT molecular complexity index is 976. The van der Waals surface area contributed by atoms with Gasteiger partial charge in [-0.1, -0.05) is 18.2 Å². The molecule has 0 bridgehead atoms. The van der Waals surface area contributed by atoms with Gasteiger partial charge in [-0.3, -0.25) is 14.7 Å².